The molecule has 2 heteroatoms. The molecule has 1 aliphatic carbocycles. The first kappa shape index (κ1) is 19.3. The van der Waals surface area contributed by atoms with Crippen molar-refractivity contribution in [1.29, 1.82) is 0 Å². The van der Waals surface area contributed by atoms with Gasteiger partial charge in [0.15, 0.2) is 0 Å². The summed E-state index contributed by atoms with van der Waals surface area (Å²) in [7, 11) is 0. The largest absolute Gasteiger partial charge is 0.455 e. The number of rotatable bonds is 2. The van der Waals surface area contributed by atoms with Crippen LogP contribution in [-0.4, -0.2) is 4.98 Å². The third-order valence-corrected chi connectivity index (χ3v) is 7.33. The van der Waals surface area contributed by atoms with Gasteiger partial charge in [-0.05, 0) is 22.8 Å². The third kappa shape index (κ3) is 2.60. The minimum atomic E-state index is -0.0823. The molecule has 0 saturated heterocycles. The Hall–Kier alpha value is -4.17. The van der Waals surface area contributed by atoms with Crippen LogP contribution in [0, 0.1) is 0 Å². The summed E-state index contributed by atoms with van der Waals surface area (Å²) in [6.45, 7) is 4.60. The van der Waals surface area contributed by atoms with Gasteiger partial charge in [-0.15, -0.1) is 0 Å². The standard InChI is InChI=1S/C32H23NO/c1-32(2)27-14-4-3-10-25(27)31-28(32)26-13-6-12-24(30(26)34-31)21-17-15-20(16-18-21)23-11-5-8-22-9-7-19-33-29(22)23/h3-19H,1-2H3. The molecule has 0 bridgehead atoms. The van der Waals surface area contributed by atoms with Crippen molar-refractivity contribution in [3.05, 3.63) is 114 Å². The molecule has 34 heavy (non-hydrogen) atoms. The van der Waals surface area contributed by atoms with Gasteiger partial charge in [0, 0.05) is 44.6 Å². The van der Waals surface area contributed by atoms with Gasteiger partial charge < -0.3 is 4.42 Å². The van der Waals surface area contributed by atoms with Gasteiger partial charge in [0.2, 0.25) is 0 Å². The van der Waals surface area contributed by atoms with Gasteiger partial charge in [0.25, 0.3) is 0 Å². The van der Waals surface area contributed by atoms with E-state index < -0.39 is 0 Å². The van der Waals surface area contributed by atoms with Crippen molar-refractivity contribution in [2.24, 2.45) is 0 Å². The Labute approximate surface area is 198 Å². The van der Waals surface area contributed by atoms with E-state index in [1.165, 1.54) is 22.1 Å². The topological polar surface area (TPSA) is 26.0 Å². The zero-order valence-corrected chi connectivity index (χ0v) is 19.2. The van der Waals surface area contributed by atoms with Crippen LogP contribution >= 0.6 is 0 Å². The highest BCUT2D eigenvalue weighted by Crippen LogP contribution is 2.53. The summed E-state index contributed by atoms with van der Waals surface area (Å²) in [5.74, 6) is 1.02. The van der Waals surface area contributed by atoms with Gasteiger partial charge >= 0.3 is 0 Å². The summed E-state index contributed by atoms with van der Waals surface area (Å²) < 4.78 is 6.62. The molecule has 0 aliphatic heterocycles. The molecule has 6 aromatic rings. The number of para-hydroxylation sites is 2. The number of hydrogen-bond acceptors (Lipinski definition) is 2. The van der Waals surface area contributed by atoms with Crippen molar-refractivity contribution < 1.29 is 4.42 Å². The summed E-state index contributed by atoms with van der Waals surface area (Å²) in [5, 5.41) is 2.36. The van der Waals surface area contributed by atoms with Crippen LogP contribution in [-0.2, 0) is 5.41 Å². The maximum Gasteiger partial charge on any atom is 0.142 e. The first-order chi connectivity index (χ1) is 16.6. The van der Waals surface area contributed by atoms with E-state index in [4.69, 9.17) is 4.42 Å². The van der Waals surface area contributed by atoms with Gasteiger partial charge in [-0.1, -0.05) is 105 Å². The zero-order valence-electron chi connectivity index (χ0n) is 19.2. The second-order valence-electron chi connectivity index (χ2n) is 9.62. The summed E-state index contributed by atoms with van der Waals surface area (Å²) in [4.78, 5) is 4.62. The van der Waals surface area contributed by atoms with Crippen molar-refractivity contribution in [3.63, 3.8) is 0 Å². The summed E-state index contributed by atoms with van der Waals surface area (Å²) in [6, 6.07) is 34.3. The lowest BCUT2D eigenvalue weighted by molar-refractivity contribution is 0.620. The monoisotopic (exact) mass is 437 g/mol. The predicted molar refractivity (Wildman–Crippen MR) is 140 cm³/mol. The van der Waals surface area contributed by atoms with Crippen LogP contribution in [0.2, 0.25) is 0 Å². The van der Waals surface area contributed by atoms with Crippen molar-refractivity contribution in [1.82, 2.24) is 4.98 Å². The second-order valence-corrected chi connectivity index (χ2v) is 9.62. The Morgan fingerprint density at radius 1 is 0.647 bits per heavy atom. The molecular formula is C32H23NO. The maximum atomic E-state index is 6.62. The van der Waals surface area contributed by atoms with Crippen LogP contribution in [0.1, 0.15) is 25.0 Å². The number of fused-ring (bicyclic) bond motifs is 6. The Morgan fingerprint density at radius 2 is 1.32 bits per heavy atom. The van der Waals surface area contributed by atoms with Gasteiger partial charge in [-0.3, -0.25) is 4.98 Å². The number of pyridine rings is 1. The molecule has 0 atom stereocenters. The van der Waals surface area contributed by atoms with E-state index in [9.17, 15) is 0 Å². The summed E-state index contributed by atoms with van der Waals surface area (Å²) in [6.07, 6.45) is 1.86. The average Bonchev–Trinajstić information content (AvgIpc) is 3.38. The fourth-order valence-electron chi connectivity index (χ4n) is 5.68. The van der Waals surface area contributed by atoms with Crippen LogP contribution in [0.3, 0.4) is 0 Å². The molecule has 2 heterocycles. The molecule has 162 valence electrons. The minimum Gasteiger partial charge on any atom is -0.455 e. The fourth-order valence-corrected chi connectivity index (χ4v) is 5.68. The molecule has 0 radical (unpaired) electrons. The van der Waals surface area contributed by atoms with E-state index in [0.717, 1.165) is 44.5 Å². The van der Waals surface area contributed by atoms with Crippen molar-refractivity contribution >= 4 is 21.9 Å². The first-order valence-electron chi connectivity index (χ1n) is 11.7. The smallest absolute Gasteiger partial charge is 0.142 e. The highest BCUT2D eigenvalue weighted by Gasteiger charge is 2.40. The van der Waals surface area contributed by atoms with Crippen LogP contribution in [0.4, 0.5) is 0 Å². The molecule has 7 rings (SSSR count). The lowest BCUT2D eigenvalue weighted by Gasteiger charge is -2.20. The van der Waals surface area contributed by atoms with E-state index >= 15 is 0 Å². The lowest BCUT2D eigenvalue weighted by atomic mass is 9.81. The molecule has 0 fully saturated rings. The Kier molecular flexibility index (Phi) is 3.93. The number of hydrogen-bond donors (Lipinski definition) is 0. The molecule has 4 aromatic carbocycles. The number of furan rings is 1. The molecule has 0 spiro atoms. The van der Waals surface area contributed by atoms with E-state index in [1.807, 2.05) is 12.3 Å². The molecule has 0 N–H and O–H groups in total. The third-order valence-electron chi connectivity index (χ3n) is 7.33. The maximum absolute atomic E-state index is 6.62. The zero-order chi connectivity index (χ0) is 22.9. The number of aromatic nitrogens is 1. The summed E-state index contributed by atoms with van der Waals surface area (Å²) >= 11 is 0. The molecule has 0 unspecified atom stereocenters. The highest BCUT2D eigenvalue weighted by molar-refractivity contribution is 6.01. The SMILES string of the molecule is CC1(C)c2ccccc2-c2oc3c(-c4ccc(-c5cccc6cccnc56)cc4)cccc3c21. The van der Waals surface area contributed by atoms with Crippen molar-refractivity contribution in [2.45, 2.75) is 19.3 Å². The van der Waals surface area contributed by atoms with Crippen LogP contribution in [0.25, 0.3) is 55.4 Å². The van der Waals surface area contributed by atoms with Crippen molar-refractivity contribution in [3.8, 4) is 33.6 Å². The average molecular weight is 438 g/mol. The van der Waals surface area contributed by atoms with Crippen LogP contribution in [0.5, 0.6) is 0 Å². The second kappa shape index (κ2) is 6.91. The predicted octanol–water partition coefficient (Wildman–Crippen LogP) is 8.62. The lowest BCUT2D eigenvalue weighted by Crippen LogP contribution is -2.14. The normalized spacial score (nSPS) is 13.8. The van der Waals surface area contributed by atoms with Crippen LogP contribution < -0.4 is 0 Å². The molecular weight excluding hydrogens is 414 g/mol. The fraction of sp³-hybridized carbons (Fsp3) is 0.0938. The Morgan fingerprint density at radius 3 is 2.18 bits per heavy atom. The Bertz CT molecular complexity index is 1720. The molecule has 1 aliphatic rings. The molecule has 2 aromatic heterocycles. The van der Waals surface area contributed by atoms with E-state index in [0.29, 0.717) is 0 Å². The van der Waals surface area contributed by atoms with Gasteiger partial charge in [-0.25, -0.2) is 0 Å². The van der Waals surface area contributed by atoms with Gasteiger partial charge in [-0.2, -0.15) is 0 Å². The van der Waals surface area contributed by atoms with Gasteiger partial charge in [0.05, 0.1) is 5.52 Å². The minimum absolute atomic E-state index is 0.0823. The molecule has 2 nitrogen and oxygen atoms in total. The van der Waals surface area contributed by atoms with Gasteiger partial charge in [0.1, 0.15) is 11.3 Å². The number of benzene rings is 4. The van der Waals surface area contributed by atoms with E-state index in [2.05, 4.69) is 110 Å². The molecule has 0 saturated carbocycles. The quantitative estimate of drug-likeness (QED) is 0.271. The van der Waals surface area contributed by atoms with Crippen LogP contribution in [0.15, 0.2) is 108 Å². The Balaban J connectivity index is 1.37. The highest BCUT2D eigenvalue weighted by atomic mass is 16.3. The first-order valence-corrected chi connectivity index (χ1v) is 11.7. The van der Waals surface area contributed by atoms with Crippen molar-refractivity contribution in [2.75, 3.05) is 0 Å². The molecule has 0 amide bonds. The van der Waals surface area contributed by atoms with E-state index in [1.54, 1.807) is 0 Å². The summed E-state index contributed by atoms with van der Waals surface area (Å²) in [5.41, 5.74) is 10.4. The van der Waals surface area contributed by atoms with E-state index in [-0.39, 0.29) is 5.41 Å². The number of nitrogens with zero attached hydrogens (tertiary/aromatic N) is 1.